The van der Waals surface area contributed by atoms with E-state index in [1.54, 1.807) is 0 Å². The van der Waals surface area contributed by atoms with Gasteiger partial charge in [-0.15, -0.1) is 0 Å². The quantitative estimate of drug-likeness (QED) is 0.582. The van der Waals surface area contributed by atoms with Crippen molar-refractivity contribution in [1.82, 2.24) is 24.8 Å². The lowest BCUT2D eigenvalue weighted by Crippen LogP contribution is -2.37. The van der Waals surface area contributed by atoms with Gasteiger partial charge in [0.05, 0.1) is 17.8 Å². The molecule has 4 heterocycles. The Hall–Kier alpha value is -2.73. The minimum Gasteiger partial charge on any atom is -0.352 e. The Bertz CT molecular complexity index is 1080. The Labute approximate surface area is 189 Å². The van der Waals surface area contributed by atoms with Crippen LogP contribution >= 0.6 is 12.2 Å². The van der Waals surface area contributed by atoms with E-state index < -0.39 is 0 Å². The molecule has 3 aromatic heterocycles. The van der Waals surface area contributed by atoms with Crippen LogP contribution in [0.2, 0.25) is 0 Å². The van der Waals surface area contributed by atoms with Gasteiger partial charge in [0, 0.05) is 29.8 Å². The molecule has 5 nitrogen and oxygen atoms in total. The summed E-state index contributed by atoms with van der Waals surface area (Å²) in [5.41, 5.74) is 5.91. The van der Waals surface area contributed by atoms with Gasteiger partial charge in [0.25, 0.3) is 0 Å². The standard InChI is InChI=1S/C25H29N5S/c1-16-11-12-22(27-15-16)29-17(2)14-20(18(29)3)24-23(21-10-6-7-13-26-21)28-25(31)30(24)19-8-4-5-9-19/h6-7,10-15,19,23-24H,4-5,8-9H2,1-3H3,(H,28,31)/t23-,24-/m0/s1. The van der Waals surface area contributed by atoms with Crippen molar-refractivity contribution in [2.75, 3.05) is 0 Å². The molecule has 1 aliphatic heterocycles. The lowest BCUT2D eigenvalue weighted by Gasteiger charge is -2.33. The number of aryl methyl sites for hydroxylation is 2. The molecule has 1 aliphatic carbocycles. The molecule has 1 saturated carbocycles. The van der Waals surface area contributed by atoms with Crippen molar-refractivity contribution in [2.24, 2.45) is 0 Å². The van der Waals surface area contributed by atoms with Crippen LogP contribution in [0.1, 0.15) is 66.0 Å². The number of pyridine rings is 2. The fourth-order valence-corrected chi connectivity index (χ4v) is 5.70. The number of hydrogen-bond acceptors (Lipinski definition) is 3. The average Bonchev–Trinajstić information content (AvgIpc) is 3.48. The van der Waals surface area contributed by atoms with Crippen molar-refractivity contribution >= 4 is 17.3 Å². The van der Waals surface area contributed by atoms with E-state index in [2.05, 4.69) is 65.9 Å². The topological polar surface area (TPSA) is 46.0 Å². The molecule has 2 aliphatic rings. The Balaban J connectivity index is 1.63. The van der Waals surface area contributed by atoms with Crippen LogP contribution in [0.3, 0.4) is 0 Å². The van der Waals surface area contributed by atoms with Gasteiger partial charge in [-0.2, -0.15) is 0 Å². The Kier molecular flexibility index (Phi) is 5.26. The minimum atomic E-state index is 0.0363. The summed E-state index contributed by atoms with van der Waals surface area (Å²) in [7, 11) is 0. The second-order valence-corrected chi connectivity index (χ2v) is 9.21. The van der Waals surface area contributed by atoms with Gasteiger partial charge in [0.2, 0.25) is 0 Å². The predicted molar refractivity (Wildman–Crippen MR) is 127 cm³/mol. The van der Waals surface area contributed by atoms with Gasteiger partial charge in [0.1, 0.15) is 5.82 Å². The van der Waals surface area contributed by atoms with Crippen LogP contribution in [0, 0.1) is 20.8 Å². The highest BCUT2D eigenvalue weighted by atomic mass is 32.1. The van der Waals surface area contributed by atoms with Gasteiger partial charge in [-0.1, -0.05) is 25.0 Å². The number of nitrogens with one attached hydrogen (secondary N) is 1. The molecule has 3 aromatic rings. The van der Waals surface area contributed by atoms with Crippen LogP contribution in [0.25, 0.3) is 5.82 Å². The molecule has 0 amide bonds. The summed E-state index contributed by atoms with van der Waals surface area (Å²) >= 11 is 5.89. The van der Waals surface area contributed by atoms with Crippen LogP contribution in [0.4, 0.5) is 0 Å². The number of aromatic nitrogens is 3. The van der Waals surface area contributed by atoms with Crippen molar-refractivity contribution in [1.29, 1.82) is 0 Å². The third-order valence-electron chi connectivity index (χ3n) is 6.77. The number of thiocarbonyl (C=S) groups is 1. The molecule has 0 spiro atoms. The summed E-state index contributed by atoms with van der Waals surface area (Å²) in [5.74, 6) is 0.960. The summed E-state index contributed by atoms with van der Waals surface area (Å²) in [5, 5.41) is 4.47. The normalized spacial score (nSPS) is 21.6. The molecule has 31 heavy (non-hydrogen) atoms. The maximum Gasteiger partial charge on any atom is 0.170 e. The molecule has 6 heteroatoms. The Morgan fingerprint density at radius 2 is 1.84 bits per heavy atom. The summed E-state index contributed by atoms with van der Waals surface area (Å²) in [6.45, 7) is 6.43. The van der Waals surface area contributed by atoms with Crippen LogP contribution < -0.4 is 5.32 Å². The molecule has 1 saturated heterocycles. The van der Waals surface area contributed by atoms with E-state index in [0.717, 1.165) is 16.6 Å². The largest absolute Gasteiger partial charge is 0.352 e. The number of rotatable bonds is 4. The zero-order chi connectivity index (χ0) is 21.5. The van der Waals surface area contributed by atoms with Gasteiger partial charge in [-0.05, 0) is 81.2 Å². The highest BCUT2D eigenvalue weighted by molar-refractivity contribution is 7.80. The molecule has 0 aromatic carbocycles. The fraction of sp³-hybridized carbons (Fsp3) is 0.400. The molecular weight excluding hydrogens is 402 g/mol. The van der Waals surface area contributed by atoms with E-state index in [9.17, 15) is 0 Å². The predicted octanol–water partition coefficient (Wildman–Crippen LogP) is 5.11. The van der Waals surface area contributed by atoms with Gasteiger partial charge in [0.15, 0.2) is 5.11 Å². The van der Waals surface area contributed by atoms with E-state index in [-0.39, 0.29) is 12.1 Å². The SMILES string of the molecule is Cc1ccc(-n2c(C)cc([C@H]3[C@H](c4ccccn4)NC(=S)N3C3CCCC3)c2C)nc1. The summed E-state index contributed by atoms with van der Waals surface area (Å²) in [6, 6.07) is 13.3. The first kappa shape index (κ1) is 20.2. The van der Waals surface area contributed by atoms with Gasteiger partial charge in [-0.25, -0.2) is 4.98 Å². The Morgan fingerprint density at radius 3 is 2.52 bits per heavy atom. The summed E-state index contributed by atoms with van der Waals surface area (Å²) in [4.78, 5) is 11.9. The van der Waals surface area contributed by atoms with Crippen LogP contribution in [-0.2, 0) is 0 Å². The molecule has 1 N–H and O–H groups in total. The lowest BCUT2D eigenvalue weighted by atomic mass is 9.95. The number of hydrogen-bond donors (Lipinski definition) is 1. The molecular formula is C25H29N5S. The van der Waals surface area contributed by atoms with Crippen LogP contribution in [-0.4, -0.2) is 30.6 Å². The smallest absolute Gasteiger partial charge is 0.170 e. The molecule has 0 unspecified atom stereocenters. The van der Waals surface area contributed by atoms with Gasteiger partial charge >= 0.3 is 0 Å². The van der Waals surface area contributed by atoms with Crippen molar-refractivity contribution in [3.63, 3.8) is 0 Å². The van der Waals surface area contributed by atoms with Crippen molar-refractivity contribution in [3.05, 3.63) is 77.0 Å². The second-order valence-electron chi connectivity index (χ2n) is 8.83. The molecule has 0 radical (unpaired) electrons. The van der Waals surface area contributed by atoms with E-state index in [1.165, 1.54) is 48.2 Å². The lowest BCUT2D eigenvalue weighted by molar-refractivity contribution is 0.245. The van der Waals surface area contributed by atoms with Crippen molar-refractivity contribution in [3.8, 4) is 5.82 Å². The van der Waals surface area contributed by atoms with Crippen molar-refractivity contribution in [2.45, 2.75) is 64.6 Å². The zero-order valence-electron chi connectivity index (χ0n) is 18.4. The summed E-state index contributed by atoms with van der Waals surface area (Å²) in [6.07, 6.45) is 8.75. The first-order chi connectivity index (χ1) is 15.0. The fourth-order valence-electron chi connectivity index (χ4n) is 5.31. The third-order valence-corrected chi connectivity index (χ3v) is 7.10. The van der Waals surface area contributed by atoms with Crippen molar-refractivity contribution < 1.29 is 0 Å². The third kappa shape index (κ3) is 3.53. The molecule has 0 bridgehead atoms. The molecule has 5 rings (SSSR count). The van der Waals surface area contributed by atoms with Gasteiger partial charge < -0.3 is 14.8 Å². The minimum absolute atomic E-state index is 0.0363. The first-order valence-electron chi connectivity index (χ1n) is 11.2. The Morgan fingerprint density at radius 1 is 1.03 bits per heavy atom. The zero-order valence-corrected chi connectivity index (χ0v) is 19.2. The maximum atomic E-state index is 5.89. The molecule has 160 valence electrons. The highest BCUT2D eigenvalue weighted by Crippen LogP contribution is 2.44. The van der Waals surface area contributed by atoms with E-state index in [4.69, 9.17) is 22.2 Å². The summed E-state index contributed by atoms with van der Waals surface area (Å²) < 4.78 is 2.26. The molecule has 2 atom stereocenters. The monoisotopic (exact) mass is 431 g/mol. The van der Waals surface area contributed by atoms with E-state index in [1.807, 2.05) is 18.5 Å². The maximum absolute atomic E-state index is 5.89. The van der Waals surface area contributed by atoms with Crippen LogP contribution in [0.5, 0.6) is 0 Å². The van der Waals surface area contributed by atoms with E-state index >= 15 is 0 Å². The molecule has 2 fully saturated rings. The second kappa shape index (κ2) is 8.08. The van der Waals surface area contributed by atoms with Crippen LogP contribution in [0.15, 0.2) is 48.8 Å². The average molecular weight is 432 g/mol. The van der Waals surface area contributed by atoms with E-state index in [0.29, 0.717) is 6.04 Å². The number of nitrogens with zero attached hydrogens (tertiary/aromatic N) is 4. The first-order valence-corrected chi connectivity index (χ1v) is 11.6. The van der Waals surface area contributed by atoms with Gasteiger partial charge in [-0.3, -0.25) is 4.98 Å². The highest BCUT2D eigenvalue weighted by Gasteiger charge is 2.44.